The maximum absolute atomic E-state index is 12.3. The van der Waals surface area contributed by atoms with Crippen LogP contribution in [0.15, 0.2) is 66.2 Å². The van der Waals surface area contributed by atoms with Crippen LogP contribution in [0, 0.1) is 0 Å². The van der Waals surface area contributed by atoms with Gasteiger partial charge in [0.1, 0.15) is 0 Å². The molecule has 1 aliphatic heterocycles. The summed E-state index contributed by atoms with van der Waals surface area (Å²) in [5.74, 6) is -0.0528. The lowest BCUT2D eigenvalue weighted by molar-refractivity contribution is -0.115. The molecule has 0 bridgehead atoms. The molecule has 1 aromatic heterocycles. The van der Waals surface area contributed by atoms with Gasteiger partial charge < -0.3 is 10.2 Å². The first-order chi connectivity index (χ1) is 12.1. The van der Waals surface area contributed by atoms with Gasteiger partial charge in [0.2, 0.25) is 0 Å². The highest BCUT2D eigenvalue weighted by Crippen LogP contribution is 2.29. The van der Waals surface area contributed by atoms with E-state index in [4.69, 9.17) is 0 Å². The maximum atomic E-state index is 12.3. The second-order valence-electron chi connectivity index (χ2n) is 6.24. The zero-order chi connectivity index (χ0) is 17.4. The predicted molar refractivity (Wildman–Crippen MR) is 107 cm³/mol. The third kappa shape index (κ3) is 3.08. The molecule has 3 aromatic rings. The molecule has 0 radical (unpaired) electrons. The number of nitrogens with zero attached hydrogens (tertiary/aromatic N) is 1. The molecule has 2 aromatic carbocycles. The van der Waals surface area contributed by atoms with Gasteiger partial charge in [-0.25, -0.2) is 0 Å². The van der Waals surface area contributed by atoms with Crippen molar-refractivity contribution in [2.75, 3.05) is 19.0 Å². The van der Waals surface area contributed by atoms with Crippen molar-refractivity contribution in [2.24, 2.45) is 0 Å². The van der Waals surface area contributed by atoms with Crippen LogP contribution in [0.1, 0.15) is 10.4 Å². The quantitative estimate of drug-likeness (QED) is 0.707. The lowest BCUT2D eigenvalue weighted by Gasteiger charge is -2.06. The summed E-state index contributed by atoms with van der Waals surface area (Å²) in [6.07, 6.45) is 3.88. The highest BCUT2D eigenvalue weighted by molar-refractivity contribution is 7.16. The number of nitrogens with one attached hydrogen (secondary N) is 1. The van der Waals surface area contributed by atoms with Crippen LogP contribution in [-0.4, -0.2) is 20.0 Å². The molecule has 1 amide bonds. The number of fused-ring (bicyclic) bond motifs is 1. The van der Waals surface area contributed by atoms with E-state index < -0.39 is 0 Å². The normalized spacial score (nSPS) is 15.5. The van der Waals surface area contributed by atoms with Gasteiger partial charge in [0, 0.05) is 30.2 Å². The fraction of sp³-hybridized carbons (Fsp3) is 0.0952. The fourth-order valence-corrected chi connectivity index (χ4v) is 3.77. The summed E-state index contributed by atoms with van der Waals surface area (Å²) in [6, 6.07) is 18.6. The number of carbonyl (C=O) groups is 1. The van der Waals surface area contributed by atoms with E-state index in [9.17, 15) is 4.79 Å². The van der Waals surface area contributed by atoms with Gasteiger partial charge in [-0.15, -0.1) is 11.3 Å². The molecule has 0 spiro atoms. The molecule has 3 nitrogen and oxygen atoms in total. The van der Waals surface area contributed by atoms with Crippen LogP contribution in [0.25, 0.3) is 22.5 Å². The minimum atomic E-state index is -0.0528. The van der Waals surface area contributed by atoms with Crippen LogP contribution < -0.4 is 10.2 Å². The van der Waals surface area contributed by atoms with Gasteiger partial charge in [-0.3, -0.25) is 4.79 Å². The molecule has 4 heteroatoms. The first-order valence-corrected chi connectivity index (χ1v) is 8.93. The lowest BCUT2D eigenvalue weighted by atomic mass is 10.0. The van der Waals surface area contributed by atoms with E-state index in [2.05, 4.69) is 40.5 Å². The Morgan fingerprint density at radius 1 is 1.00 bits per heavy atom. The van der Waals surface area contributed by atoms with Crippen molar-refractivity contribution in [1.82, 2.24) is 5.32 Å². The monoisotopic (exact) mass is 346 g/mol. The maximum Gasteiger partial charge on any atom is 0.255 e. The summed E-state index contributed by atoms with van der Waals surface area (Å²) in [7, 11) is 4.03. The zero-order valence-electron chi connectivity index (χ0n) is 14.1. The average Bonchev–Trinajstić information content (AvgIpc) is 3.22. The molecular weight excluding hydrogens is 328 g/mol. The molecule has 0 saturated heterocycles. The number of hydrogen-bond donors (Lipinski definition) is 1. The minimum absolute atomic E-state index is 0.0528. The van der Waals surface area contributed by atoms with E-state index >= 15 is 0 Å². The van der Waals surface area contributed by atoms with Gasteiger partial charge in [0.05, 0.1) is 5.00 Å². The first kappa shape index (κ1) is 15.7. The Morgan fingerprint density at radius 2 is 1.80 bits per heavy atom. The van der Waals surface area contributed by atoms with Crippen LogP contribution >= 0.6 is 11.3 Å². The van der Waals surface area contributed by atoms with E-state index in [-0.39, 0.29) is 5.91 Å². The predicted octanol–water partition coefficient (Wildman–Crippen LogP) is 4.52. The number of thiophene rings is 1. The highest BCUT2D eigenvalue weighted by atomic mass is 32.1. The highest BCUT2D eigenvalue weighted by Gasteiger charge is 2.19. The van der Waals surface area contributed by atoms with Gasteiger partial charge >= 0.3 is 0 Å². The Balaban J connectivity index is 1.67. The molecule has 124 valence electrons. The van der Waals surface area contributed by atoms with Gasteiger partial charge in [-0.05, 0) is 46.7 Å². The van der Waals surface area contributed by atoms with Crippen LogP contribution in [0.5, 0.6) is 0 Å². The van der Waals surface area contributed by atoms with E-state index in [0.29, 0.717) is 5.57 Å². The third-order valence-electron chi connectivity index (χ3n) is 4.22. The second-order valence-corrected chi connectivity index (χ2v) is 7.34. The van der Waals surface area contributed by atoms with Crippen LogP contribution in [-0.2, 0) is 4.79 Å². The van der Waals surface area contributed by atoms with Crippen LogP contribution in [0.2, 0.25) is 0 Å². The first-order valence-electron chi connectivity index (χ1n) is 8.11. The van der Waals surface area contributed by atoms with Crippen molar-refractivity contribution in [3.8, 4) is 0 Å². The summed E-state index contributed by atoms with van der Waals surface area (Å²) < 4.78 is 0. The van der Waals surface area contributed by atoms with E-state index in [1.54, 1.807) is 11.3 Å². The van der Waals surface area contributed by atoms with Crippen molar-refractivity contribution in [3.05, 3.63) is 76.7 Å². The van der Waals surface area contributed by atoms with Crippen molar-refractivity contribution >= 4 is 44.8 Å². The lowest BCUT2D eigenvalue weighted by Crippen LogP contribution is -2.15. The molecule has 25 heavy (non-hydrogen) atoms. The smallest absolute Gasteiger partial charge is 0.255 e. The Labute approximate surface area is 150 Å². The van der Waals surface area contributed by atoms with Crippen molar-refractivity contribution < 1.29 is 4.79 Å². The standard InChI is InChI=1S/C21H18N2OS/c1-23(2)20-10-9-18(25-20)12-17-13-19(22-21(17)24)16-8-7-14-5-3-4-6-15(14)11-16/h3-13H,1-2H3,(H,22,24). The average molecular weight is 346 g/mol. The molecule has 1 aliphatic rings. The largest absolute Gasteiger partial charge is 0.370 e. The van der Waals surface area contributed by atoms with Crippen molar-refractivity contribution in [2.45, 2.75) is 0 Å². The van der Waals surface area contributed by atoms with Gasteiger partial charge in [-0.2, -0.15) is 0 Å². The Morgan fingerprint density at radius 3 is 2.56 bits per heavy atom. The summed E-state index contributed by atoms with van der Waals surface area (Å²) in [6.45, 7) is 0. The molecular formula is C21H18N2OS. The number of carbonyl (C=O) groups excluding carboxylic acids is 1. The van der Waals surface area contributed by atoms with Crippen molar-refractivity contribution in [3.63, 3.8) is 0 Å². The van der Waals surface area contributed by atoms with E-state index in [0.717, 1.165) is 16.1 Å². The molecule has 0 saturated carbocycles. The van der Waals surface area contributed by atoms with Gasteiger partial charge in [0.15, 0.2) is 0 Å². The van der Waals surface area contributed by atoms with Crippen LogP contribution in [0.3, 0.4) is 0 Å². The molecule has 2 heterocycles. The zero-order valence-corrected chi connectivity index (χ0v) is 14.9. The Bertz CT molecular complexity index is 1030. The number of hydrogen-bond acceptors (Lipinski definition) is 3. The molecule has 1 N–H and O–H groups in total. The molecule has 0 aliphatic carbocycles. The summed E-state index contributed by atoms with van der Waals surface area (Å²) in [5.41, 5.74) is 2.57. The Hall–Kier alpha value is -2.85. The third-order valence-corrected chi connectivity index (χ3v) is 5.42. The molecule has 0 fully saturated rings. The SMILES string of the molecule is CN(C)c1ccc(C=C2C=C(c3ccc4ccccc4c3)NC2=O)s1. The molecule has 0 unspecified atom stereocenters. The summed E-state index contributed by atoms with van der Waals surface area (Å²) in [4.78, 5) is 15.5. The summed E-state index contributed by atoms with van der Waals surface area (Å²) in [5, 5.41) is 6.52. The van der Waals surface area contributed by atoms with E-state index in [1.807, 2.05) is 50.5 Å². The molecule has 4 rings (SSSR count). The van der Waals surface area contributed by atoms with E-state index in [1.165, 1.54) is 15.8 Å². The number of anilines is 1. The topological polar surface area (TPSA) is 32.3 Å². The van der Waals surface area contributed by atoms with Crippen molar-refractivity contribution in [1.29, 1.82) is 0 Å². The number of rotatable bonds is 3. The number of amides is 1. The van der Waals surface area contributed by atoms with Gasteiger partial charge in [-0.1, -0.05) is 36.4 Å². The van der Waals surface area contributed by atoms with Crippen LogP contribution in [0.4, 0.5) is 5.00 Å². The molecule has 0 atom stereocenters. The Kier molecular flexibility index (Phi) is 3.90. The minimum Gasteiger partial charge on any atom is -0.370 e. The fourth-order valence-electron chi connectivity index (χ4n) is 2.88. The number of benzene rings is 2. The summed E-state index contributed by atoms with van der Waals surface area (Å²) >= 11 is 1.67. The van der Waals surface area contributed by atoms with Gasteiger partial charge in [0.25, 0.3) is 5.91 Å². The second kappa shape index (κ2) is 6.22.